The van der Waals surface area contributed by atoms with Crippen molar-refractivity contribution >= 4 is 5.82 Å². The molecule has 0 amide bonds. The van der Waals surface area contributed by atoms with Crippen LogP contribution in [0.15, 0.2) is 31.0 Å². The van der Waals surface area contributed by atoms with Gasteiger partial charge in [-0.05, 0) is 31.5 Å². The van der Waals surface area contributed by atoms with E-state index in [1.807, 2.05) is 19.3 Å². The Morgan fingerprint density at radius 1 is 1.53 bits per heavy atom. The zero-order valence-corrected chi connectivity index (χ0v) is 11.1. The predicted molar refractivity (Wildman–Crippen MR) is 74.4 cm³/mol. The van der Waals surface area contributed by atoms with Crippen molar-refractivity contribution in [3.63, 3.8) is 0 Å². The minimum absolute atomic E-state index is 0.362. The molecule has 1 atom stereocenters. The Kier molecular flexibility index (Phi) is 5.70. The molecule has 1 aromatic rings. The van der Waals surface area contributed by atoms with E-state index < -0.39 is 0 Å². The van der Waals surface area contributed by atoms with Gasteiger partial charge in [-0.1, -0.05) is 19.1 Å². The summed E-state index contributed by atoms with van der Waals surface area (Å²) in [5.41, 5.74) is 1.23. The molecule has 94 valence electrons. The number of nitrogens with one attached hydrogen (secondary N) is 1. The molecule has 0 saturated heterocycles. The van der Waals surface area contributed by atoms with E-state index in [-0.39, 0.29) is 0 Å². The van der Waals surface area contributed by atoms with Gasteiger partial charge in [-0.25, -0.2) is 4.98 Å². The Morgan fingerprint density at radius 3 is 2.82 bits per heavy atom. The molecule has 0 spiro atoms. The van der Waals surface area contributed by atoms with Crippen molar-refractivity contribution in [3.05, 3.63) is 36.5 Å². The molecule has 1 aromatic heterocycles. The Morgan fingerprint density at radius 2 is 2.29 bits per heavy atom. The summed E-state index contributed by atoms with van der Waals surface area (Å²) in [5, 5.41) is 3.45. The van der Waals surface area contributed by atoms with Crippen LogP contribution in [-0.2, 0) is 0 Å². The maximum Gasteiger partial charge on any atom is 0.128 e. The summed E-state index contributed by atoms with van der Waals surface area (Å²) in [7, 11) is 2.02. The highest BCUT2D eigenvalue weighted by Crippen LogP contribution is 2.15. The number of aromatic nitrogens is 1. The predicted octanol–water partition coefficient (Wildman–Crippen LogP) is 2.76. The molecule has 0 radical (unpaired) electrons. The maximum atomic E-state index is 4.46. The second-order valence-corrected chi connectivity index (χ2v) is 4.29. The van der Waals surface area contributed by atoms with E-state index in [1.54, 1.807) is 0 Å². The van der Waals surface area contributed by atoms with Crippen molar-refractivity contribution in [2.75, 3.05) is 25.0 Å². The van der Waals surface area contributed by atoms with Crippen LogP contribution >= 0.6 is 0 Å². The fourth-order valence-corrected chi connectivity index (χ4v) is 1.65. The Hall–Kier alpha value is -1.35. The quantitative estimate of drug-likeness (QED) is 0.734. The van der Waals surface area contributed by atoms with Crippen LogP contribution < -0.4 is 10.2 Å². The lowest BCUT2D eigenvalue weighted by Gasteiger charge is -2.18. The van der Waals surface area contributed by atoms with Crippen molar-refractivity contribution in [1.82, 2.24) is 10.3 Å². The minimum Gasteiger partial charge on any atom is -0.356 e. The van der Waals surface area contributed by atoms with E-state index in [9.17, 15) is 0 Å². The summed E-state index contributed by atoms with van der Waals surface area (Å²) in [4.78, 5) is 6.53. The van der Waals surface area contributed by atoms with Crippen LogP contribution in [0, 0.1) is 0 Å². The molecule has 0 bridgehead atoms. The Bertz CT molecular complexity index is 332. The number of rotatable bonds is 7. The standard InChI is InChI=1S/C14H23N3/c1-5-9-15-12(3)13-7-8-14(16-11-13)17(4)10-6-2/h6-8,11-12,15H,2,5,9-10H2,1,3-4H3. The lowest BCUT2D eigenvalue weighted by Crippen LogP contribution is -2.20. The third-order valence-corrected chi connectivity index (χ3v) is 2.77. The summed E-state index contributed by atoms with van der Waals surface area (Å²) in [6.45, 7) is 9.92. The fraction of sp³-hybridized carbons (Fsp3) is 0.500. The van der Waals surface area contributed by atoms with Crippen LogP contribution in [0.5, 0.6) is 0 Å². The van der Waals surface area contributed by atoms with E-state index in [4.69, 9.17) is 0 Å². The lowest BCUT2D eigenvalue weighted by atomic mass is 10.1. The molecule has 0 aliphatic heterocycles. The van der Waals surface area contributed by atoms with Crippen molar-refractivity contribution in [2.45, 2.75) is 26.3 Å². The largest absolute Gasteiger partial charge is 0.356 e. The van der Waals surface area contributed by atoms with Crippen LogP contribution in [0.25, 0.3) is 0 Å². The molecule has 0 aliphatic carbocycles. The molecule has 1 N–H and O–H groups in total. The lowest BCUT2D eigenvalue weighted by molar-refractivity contribution is 0.569. The summed E-state index contributed by atoms with van der Waals surface area (Å²) in [5.74, 6) is 0.983. The first-order valence-corrected chi connectivity index (χ1v) is 6.20. The average molecular weight is 233 g/mol. The SMILES string of the molecule is C=CCN(C)c1ccc(C(C)NCCC)cn1. The number of hydrogen-bond acceptors (Lipinski definition) is 3. The van der Waals surface area contributed by atoms with Crippen LogP contribution in [0.1, 0.15) is 31.9 Å². The van der Waals surface area contributed by atoms with Crippen LogP contribution in [0.3, 0.4) is 0 Å². The molecular formula is C14H23N3. The number of anilines is 1. The number of nitrogens with zero attached hydrogens (tertiary/aromatic N) is 2. The van der Waals surface area contributed by atoms with Crippen LogP contribution in [0.4, 0.5) is 5.82 Å². The van der Waals surface area contributed by atoms with Gasteiger partial charge in [-0.15, -0.1) is 6.58 Å². The van der Waals surface area contributed by atoms with E-state index in [0.29, 0.717) is 6.04 Å². The summed E-state index contributed by atoms with van der Waals surface area (Å²) in [6, 6.07) is 4.55. The topological polar surface area (TPSA) is 28.2 Å². The molecule has 0 aliphatic rings. The van der Waals surface area contributed by atoms with E-state index in [0.717, 1.165) is 25.3 Å². The Balaban J connectivity index is 2.63. The maximum absolute atomic E-state index is 4.46. The molecule has 1 heterocycles. The normalized spacial score (nSPS) is 12.2. The van der Waals surface area contributed by atoms with E-state index >= 15 is 0 Å². The highest BCUT2D eigenvalue weighted by molar-refractivity contribution is 5.39. The summed E-state index contributed by atoms with van der Waals surface area (Å²) >= 11 is 0. The first-order valence-electron chi connectivity index (χ1n) is 6.20. The molecular weight excluding hydrogens is 210 g/mol. The zero-order valence-electron chi connectivity index (χ0n) is 11.1. The van der Waals surface area contributed by atoms with Gasteiger partial charge in [-0.3, -0.25) is 0 Å². The van der Waals surface area contributed by atoms with E-state index in [2.05, 4.69) is 47.8 Å². The first kappa shape index (κ1) is 13.7. The second kappa shape index (κ2) is 7.07. The van der Waals surface area contributed by atoms with Gasteiger partial charge >= 0.3 is 0 Å². The highest BCUT2D eigenvalue weighted by atomic mass is 15.1. The summed E-state index contributed by atoms with van der Waals surface area (Å²) in [6.07, 6.45) is 4.97. The molecule has 0 aromatic carbocycles. The molecule has 3 nitrogen and oxygen atoms in total. The van der Waals surface area contributed by atoms with Gasteiger partial charge in [0.15, 0.2) is 0 Å². The fourth-order valence-electron chi connectivity index (χ4n) is 1.65. The van der Waals surface area contributed by atoms with Crippen molar-refractivity contribution in [3.8, 4) is 0 Å². The van der Waals surface area contributed by atoms with Crippen molar-refractivity contribution in [2.24, 2.45) is 0 Å². The third kappa shape index (κ3) is 4.19. The monoisotopic (exact) mass is 233 g/mol. The van der Waals surface area contributed by atoms with E-state index in [1.165, 1.54) is 5.56 Å². The van der Waals surface area contributed by atoms with Crippen LogP contribution in [0.2, 0.25) is 0 Å². The van der Waals surface area contributed by atoms with Gasteiger partial charge in [-0.2, -0.15) is 0 Å². The molecule has 0 saturated carbocycles. The van der Waals surface area contributed by atoms with Crippen molar-refractivity contribution < 1.29 is 0 Å². The summed E-state index contributed by atoms with van der Waals surface area (Å²) < 4.78 is 0. The van der Waals surface area contributed by atoms with Gasteiger partial charge in [0.2, 0.25) is 0 Å². The molecule has 0 fully saturated rings. The molecule has 1 unspecified atom stereocenters. The molecule has 17 heavy (non-hydrogen) atoms. The van der Waals surface area contributed by atoms with Gasteiger partial charge in [0.1, 0.15) is 5.82 Å². The van der Waals surface area contributed by atoms with Gasteiger partial charge in [0, 0.05) is 25.8 Å². The second-order valence-electron chi connectivity index (χ2n) is 4.29. The van der Waals surface area contributed by atoms with Gasteiger partial charge in [0.05, 0.1) is 0 Å². The number of likely N-dealkylation sites (N-methyl/N-ethyl adjacent to an activating group) is 1. The zero-order chi connectivity index (χ0) is 12.7. The van der Waals surface area contributed by atoms with Gasteiger partial charge < -0.3 is 10.2 Å². The smallest absolute Gasteiger partial charge is 0.128 e. The number of pyridine rings is 1. The first-order chi connectivity index (χ1) is 8.19. The van der Waals surface area contributed by atoms with Crippen LogP contribution in [-0.4, -0.2) is 25.1 Å². The number of hydrogen-bond donors (Lipinski definition) is 1. The molecule has 1 rings (SSSR count). The van der Waals surface area contributed by atoms with Crippen molar-refractivity contribution in [1.29, 1.82) is 0 Å². The highest BCUT2D eigenvalue weighted by Gasteiger charge is 2.05. The molecule has 3 heteroatoms. The van der Waals surface area contributed by atoms with Gasteiger partial charge in [0.25, 0.3) is 0 Å². The minimum atomic E-state index is 0.362. The third-order valence-electron chi connectivity index (χ3n) is 2.77. The average Bonchev–Trinajstić information content (AvgIpc) is 2.36. The Labute approximate surface area is 105 Å².